The van der Waals surface area contributed by atoms with E-state index in [-0.39, 0.29) is 37.2 Å². The molecule has 0 spiro atoms. The Labute approximate surface area is 265 Å². The summed E-state index contributed by atoms with van der Waals surface area (Å²) in [6.07, 6.45) is 2.69. The summed E-state index contributed by atoms with van der Waals surface area (Å²) in [6.45, 7) is 9.60. The van der Waals surface area contributed by atoms with Crippen LogP contribution in [0.15, 0.2) is 54.6 Å². The van der Waals surface area contributed by atoms with E-state index in [4.69, 9.17) is 4.74 Å². The molecule has 11 heteroatoms. The molecule has 1 fully saturated rings. The molecule has 11 nitrogen and oxygen atoms in total. The summed E-state index contributed by atoms with van der Waals surface area (Å²) in [7, 11) is 0. The molecule has 0 unspecified atom stereocenters. The molecule has 0 bridgehead atoms. The highest BCUT2D eigenvalue weighted by atomic mass is 16.6. The van der Waals surface area contributed by atoms with Gasteiger partial charge in [0.25, 0.3) is 0 Å². The maximum absolute atomic E-state index is 13.4. The minimum absolute atomic E-state index is 0.0614. The average Bonchev–Trinajstić information content (AvgIpc) is 2.98. The number of amides is 5. The third-order valence-electron chi connectivity index (χ3n) is 7.43. The first kappa shape index (κ1) is 35.1. The molecule has 2 aromatic carbocycles. The molecule has 1 heterocycles. The number of carbonyl (C=O) groups is 5. The first-order valence-corrected chi connectivity index (χ1v) is 15.6. The predicted molar refractivity (Wildman–Crippen MR) is 172 cm³/mol. The summed E-state index contributed by atoms with van der Waals surface area (Å²) in [5, 5.41) is 10.8. The van der Waals surface area contributed by atoms with Gasteiger partial charge in [-0.1, -0.05) is 42.5 Å². The van der Waals surface area contributed by atoms with Gasteiger partial charge in [-0.3, -0.25) is 24.5 Å². The van der Waals surface area contributed by atoms with Gasteiger partial charge in [-0.15, -0.1) is 0 Å². The highest BCUT2D eigenvalue weighted by Crippen LogP contribution is 2.18. The first-order valence-electron chi connectivity index (χ1n) is 15.6. The number of ether oxygens (including phenoxy) is 1. The summed E-state index contributed by atoms with van der Waals surface area (Å²) >= 11 is 0. The van der Waals surface area contributed by atoms with E-state index in [9.17, 15) is 24.0 Å². The maximum Gasteiger partial charge on any atom is 0.412 e. The molecule has 1 saturated heterocycles. The van der Waals surface area contributed by atoms with Crippen molar-refractivity contribution in [2.45, 2.75) is 103 Å². The lowest BCUT2D eigenvalue weighted by Gasteiger charge is -2.34. The highest BCUT2D eigenvalue weighted by molar-refractivity contribution is 5.95. The lowest BCUT2D eigenvalue weighted by atomic mass is 10.0. The monoisotopic (exact) mass is 621 g/mol. The van der Waals surface area contributed by atoms with Gasteiger partial charge in [0.1, 0.15) is 17.7 Å². The largest absolute Gasteiger partial charge is 0.444 e. The van der Waals surface area contributed by atoms with Gasteiger partial charge in [0, 0.05) is 31.2 Å². The second-order valence-corrected chi connectivity index (χ2v) is 12.5. The molecular formula is C34H47N5O6. The number of hydrogen-bond acceptors (Lipinski definition) is 6. The number of aryl methyl sites for hydroxylation is 1. The van der Waals surface area contributed by atoms with Crippen LogP contribution in [0.2, 0.25) is 0 Å². The molecule has 1 aliphatic rings. The minimum atomic E-state index is -1.12. The third kappa shape index (κ3) is 12.2. The second-order valence-electron chi connectivity index (χ2n) is 12.5. The van der Waals surface area contributed by atoms with E-state index in [0.717, 1.165) is 30.4 Å². The van der Waals surface area contributed by atoms with E-state index < -0.39 is 35.6 Å². The Kier molecular flexibility index (Phi) is 12.9. The second kappa shape index (κ2) is 16.6. The number of nitrogens with one attached hydrogen (secondary N) is 4. The quantitative estimate of drug-likeness (QED) is 0.281. The van der Waals surface area contributed by atoms with Crippen molar-refractivity contribution in [2.75, 3.05) is 11.9 Å². The van der Waals surface area contributed by atoms with E-state index in [1.165, 1.54) is 6.92 Å². The van der Waals surface area contributed by atoms with Crippen molar-refractivity contribution in [3.63, 3.8) is 0 Å². The Morgan fingerprint density at radius 1 is 0.933 bits per heavy atom. The molecule has 3 rings (SSSR count). The Morgan fingerprint density at radius 3 is 2.33 bits per heavy atom. The van der Waals surface area contributed by atoms with E-state index >= 15 is 0 Å². The summed E-state index contributed by atoms with van der Waals surface area (Å²) in [5.74, 6) is -1.61. The lowest BCUT2D eigenvalue weighted by Crippen LogP contribution is -2.54. The van der Waals surface area contributed by atoms with Crippen LogP contribution in [0.4, 0.5) is 10.5 Å². The smallest absolute Gasteiger partial charge is 0.412 e. The van der Waals surface area contributed by atoms with Gasteiger partial charge in [0.2, 0.25) is 23.6 Å². The molecule has 0 saturated carbocycles. The van der Waals surface area contributed by atoms with Crippen molar-refractivity contribution >= 4 is 35.4 Å². The summed E-state index contributed by atoms with van der Waals surface area (Å²) in [6, 6.07) is 14.5. The highest BCUT2D eigenvalue weighted by Gasteiger charge is 2.31. The Bertz CT molecular complexity index is 1330. The van der Waals surface area contributed by atoms with E-state index in [1.54, 1.807) is 49.9 Å². The Morgan fingerprint density at radius 2 is 1.64 bits per heavy atom. The van der Waals surface area contributed by atoms with Crippen molar-refractivity contribution in [1.82, 2.24) is 20.9 Å². The van der Waals surface area contributed by atoms with Crippen LogP contribution in [-0.4, -0.2) is 64.9 Å². The fourth-order valence-electron chi connectivity index (χ4n) is 5.04. The zero-order chi connectivity index (χ0) is 33.0. The number of carbonyl (C=O) groups excluding carboxylic acids is 5. The van der Waals surface area contributed by atoms with Gasteiger partial charge in [-0.25, -0.2) is 4.79 Å². The van der Waals surface area contributed by atoms with Gasteiger partial charge in [0.05, 0.1) is 6.42 Å². The average molecular weight is 622 g/mol. The normalized spacial score (nSPS) is 16.1. The fourth-order valence-corrected chi connectivity index (χ4v) is 5.04. The molecule has 0 aromatic heterocycles. The van der Waals surface area contributed by atoms with Crippen molar-refractivity contribution in [3.8, 4) is 0 Å². The Balaban J connectivity index is 1.58. The van der Waals surface area contributed by atoms with Crippen LogP contribution in [0.5, 0.6) is 0 Å². The van der Waals surface area contributed by atoms with Crippen LogP contribution >= 0.6 is 0 Å². The minimum Gasteiger partial charge on any atom is -0.444 e. The summed E-state index contributed by atoms with van der Waals surface area (Å²) in [5.41, 5.74) is 1.58. The first-order chi connectivity index (χ1) is 21.3. The summed E-state index contributed by atoms with van der Waals surface area (Å²) in [4.78, 5) is 66.2. The molecule has 0 aliphatic carbocycles. The number of anilines is 1. The number of hydrogen-bond donors (Lipinski definition) is 4. The molecule has 244 valence electrons. The van der Waals surface area contributed by atoms with Gasteiger partial charge in [0.15, 0.2) is 0 Å². The SMILES string of the molecule is C[C@H](NC(=O)[C@H](CC(=O)N1CCCC[C@@H]1C)NC(=O)CCc1ccccc1)C(=O)NCc1cccc(NC(=O)OC(C)(C)C)c1. The van der Waals surface area contributed by atoms with Crippen LogP contribution in [0, 0.1) is 0 Å². The van der Waals surface area contributed by atoms with Crippen LogP contribution in [0.3, 0.4) is 0 Å². The van der Waals surface area contributed by atoms with Crippen molar-refractivity contribution in [2.24, 2.45) is 0 Å². The maximum atomic E-state index is 13.4. The number of nitrogens with zero attached hydrogens (tertiary/aromatic N) is 1. The van der Waals surface area contributed by atoms with Crippen molar-refractivity contribution in [3.05, 3.63) is 65.7 Å². The molecular weight excluding hydrogens is 574 g/mol. The van der Waals surface area contributed by atoms with Crippen LogP contribution in [-0.2, 0) is 36.9 Å². The number of benzene rings is 2. The van der Waals surface area contributed by atoms with Crippen molar-refractivity contribution in [1.29, 1.82) is 0 Å². The van der Waals surface area contributed by atoms with Gasteiger partial charge in [-0.05, 0) is 83.6 Å². The van der Waals surface area contributed by atoms with Crippen LogP contribution < -0.4 is 21.3 Å². The molecule has 0 radical (unpaired) electrons. The molecule has 45 heavy (non-hydrogen) atoms. The van der Waals surface area contributed by atoms with Gasteiger partial charge in [-0.2, -0.15) is 0 Å². The molecule has 4 N–H and O–H groups in total. The standard InChI is InChI=1S/C34H47N5O6/c1-23-12-9-10-19-39(23)30(41)21-28(38-29(40)18-17-25-13-7-6-8-14-25)32(43)36-24(2)31(42)35-22-26-15-11-16-27(20-26)37-33(44)45-34(3,4)5/h6-8,11,13-16,20,23-24,28H,9-10,12,17-19,21-22H2,1-5H3,(H,35,42)(H,36,43)(H,37,44)(H,38,40)/t23-,24-,28-/m0/s1. The molecule has 3 atom stereocenters. The number of piperidine rings is 1. The molecule has 1 aliphatic heterocycles. The predicted octanol–water partition coefficient (Wildman–Crippen LogP) is 4.06. The number of likely N-dealkylation sites (tertiary alicyclic amines) is 1. The van der Waals surface area contributed by atoms with Crippen molar-refractivity contribution < 1.29 is 28.7 Å². The zero-order valence-corrected chi connectivity index (χ0v) is 27.0. The van der Waals surface area contributed by atoms with Gasteiger partial charge >= 0.3 is 6.09 Å². The summed E-state index contributed by atoms with van der Waals surface area (Å²) < 4.78 is 5.28. The van der Waals surface area contributed by atoms with E-state index in [1.807, 2.05) is 37.3 Å². The number of rotatable bonds is 12. The van der Waals surface area contributed by atoms with Crippen LogP contribution in [0.1, 0.15) is 77.8 Å². The topological polar surface area (TPSA) is 146 Å². The third-order valence-corrected chi connectivity index (χ3v) is 7.43. The lowest BCUT2D eigenvalue weighted by molar-refractivity contribution is -0.139. The van der Waals surface area contributed by atoms with E-state index in [0.29, 0.717) is 18.7 Å². The van der Waals surface area contributed by atoms with E-state index in [2.05, 4.69) is 21.3 Å². The fraction of sp³-hybridized carbons (Fsp3) is 0.500. The molecule has 5 amide bonds. The van der Waals surface area contributed by atoms with Crippen LogP contribution in [0.25, 0.3) is 0 Å². The molecule has 2 aromatic rings. The van der Waals surface area contributed by atoms with Gasteiger partial charge < -0.3 is 25.6 Å². The Hall–Kier alpha value is -4.41. The zero-order valence-electron chi connectivity index (χ0n) is 27.0.